The van der Waals surface area contributed by atoms with E-state index < -0.39 is 76.0 Å². The summed E-state index contributed by atoms with van der Waals surface area (Å²) >= 11 is 0. The molecule has 0 aliphatic carbocycles. The summed E-state index contributed by atoms with van der Waals surface area (Å²) in [7, 11) is 0. The zero-order valence-corrected chi connectivity index (χ0v) is 18.9. The van der Waals surface area contributed by atoms with E-state index in [1.165, 1.54) is 0 Å². The molecule has 246 valence electrons. The van der Waals surface area contributed by atoms with E-state index in [1.54, 1.807) is 0 Å². The molecule has 28 heteroatoms. The van der Waals surface area contributed by atoms with E-state index in [0.717, 1.165) is 0 Å². The Hall–Kier alpha value is -1.57. The third-order valence-electron chi connectivity index (χ3n) is 5.45. The zero-order valence-electron chi connectivity index (χ0n) is 18.9. The Morgan fingerprint density at radius 1 is 0.366 bits per heavy atom. The Bertz CT molecular complexity index is 923. The van der Waals surface area contributed by atoms with Crippen LogP contribution in [0.4, 0.5) is 0 Å². The highest BCUT2D eigenvalue weighted by atomic mass is 16.8. The van der Waals surface area contributed by atoms with Crippen molar-refractivity contribution in [3.63, 3.8) is 0 Å². The van der Waals surface area contributed by atoms with Crippen molar-refractivity contribution < 1.29 is 142 Å². The number of aliphatic hydroxyl groups is 26. The molecule has 0 heterocycles. The fourth-order valence-electron chi connectivity index (χ4n) is 3.24. The number of hydrogen-bond donors (Lipinski definition) is 26. The van der Waals surface area contributed by atoms with Gasteiger partial charge in [-0.15, -0.1) is 0 Å². The van der Waals surface area contributed by atoms with E-state index in [4.69, 9.17) is 15.3 Å². The minimum Gasteiger partial charge on any atom is -0.399 e. The molecule has 0 spiro atoms. The van der Waals surface area contributed by atoms with Crippen LogP contribution < -0.4 is 0 Å². The van der Waals surface area contributed by atoms with Gasteiger partial charge in [0, 0.05) is 0 Å². The average molecular weight is 630 g/mol. The van der Waals surface area contributed by atoms with Crippen molar-refractivity contribution in [1.29, 1.82) is 0 Å². The highest BCUT2D eigenvalue weighted by Gasteiger charge is 2.93. The van der Waals surface area contributed by atoms with Crippen LogP contribution in [0.2, 0.25) is 0 Å². The summed E-state index contributed by atoms with van der Waals surface area (Å²) in [5, 5.41) is 245. The van der Waals surface area contributed by atoms with E-state index in [9.17, 15) is 122 Å². The van der Waals surface area contributed by atoms with Crippen LogP contribution in [0.25, 0.3) is 0 Å². The molecule has 0 aromatic rings. The molecule has 0 amide bonds. The molecule has 0 bridgehead atoms. The van der Waals surface area contributed by atoms with E-state index >= 15 is 0 Å². The normalized spacial score (nSPS) is 17.8. The van der Waals surface area contributed by atoms with Crippen LogP contribution in [0.1, 0.15) is 0 Å². The second-order valence-corrected chi connectivity index (χ2v) is 8.32. The van der Waals surface area contributed by atoms with Gasteiger partial charge in [-0.1, -0.05) is 0 Å². The third kappa shape index (κ3) is 5.16. The van der Waals surface area contributed by atoms with Gasteiger partial charge in [-0.2, -0.15) is 0 Å². The lowest BCUT2D eigenvalue weighted by molar-refractivity contribution is -0.634. The van der Waals surface area contributed by atoms with Gasteiger partial charge in [-0.25, -0.2) is 4.79 Å². The van der Waals surface area contributed by atoms with Crippen LogP contribution in [0.15, 0.2) is 0 Å². The van der Waals surface area contributed by atoms with Crippen molar-refractivity contribution in [3.05, 3.63) is 0 Å². The van der Waals surface area contributed by atoms with Crippen molar-refractivity contribution in [1.82, 2.24) is 0 Å². The smallest absolute Gasteiger partial charge is 0.387 e. The summed E-state index contributed by atoms with van der Waals surface area (Å²) in [5.41, 5.74) is -13.2. The molecule has 0 rings (SSSR count). The second kappa shape index (κ2) is 9.72. The highest BCUT2D eigenvalue weighted by Crippen LogP contribution is 2.58. The Morgan fingerprint density at radius 2 is 0.659 bits per heavy atom. The average Bonchev–Trinajstić information content (AvgIpc) is 2.60. The van der Waals surface area contributed by atoms with Crippen molar-refractivity contribution in [2.75, 3.05) is 0 Å². The number of hydrogen-bond acceptors (Lipinski definition) is 28. The maximum atomic E-state index is 12.2. The van der Waals surface area contributed by atoms with Gasteiger partial charge in [-0.3, -0.25) is 0 Å². The molecule has 41 heavy (non-hydrogen) atoms. The Kier molecular flexibility index (Phi) is 9.35. The van der Waals surface area contributed by atoms with E-state index in [2.05, 4.69) is 4.74 Å². The summed E-state index contributed by atoms with van der Waals surface area (Å²) < 4.78 is 3.00. The summed E-state index contributed by atoms with van der Waals surface area (Å²) in [6.45, 7) is 0. The lowest BCUT2D eigenvalue weighted by Gasteiger charge is -2.59. The van der Waals surface area contributed by atoms with Gasteiger partial charge in [0.25, 0.3) is 11.0 Å². The maximum absolute atomic E-state index is 12.2. The van der Waals surface area contributed by atoms with E-state index in [0.29, 0.717) is 0 Å². The summed E-state index contributed by atoms with van der Waals surface area (Å²) in [5.74, 6) is -64.2. The van der Waals surface area contributed by atoms with Crippen molar-refractivity contribution in [2.24, 2.45) is 5.41 Å². The largest absolute Gasteiger partial charge is 0.399 e. The monoisotopic (exact) mass is 630 g/mol. The molecule has 0 aromatic carbocycles. The first-order valence-electron chi connectivity index (χ1n) is 9.18. The van der Waals surface area contributed by atoms with Gasteiger partial charge in [-0.05, 0) is 0 Å². The topological polar surface area (TPSA) is 552 Å². The molecule has 0 fully saturated rings. The van der Waals surface area contributed by atoms with Gasteiger partial charge < -0.3 is 138 Å². The van der Waals surface area contributed by atoms with Crippen LogP contribution in [0.5, 0.6) is 0 Å². The van der Waals surface area contributed by atoms with Crippen molar-refractivity contribution >= 4 is 5.97 Å². The van der Waals surface area contributed by atoms with E-state index in [-0.39, 0.29) is 0 Å². The lowest BCUT2D eigenvalue weighted by Crippen LogP contribution is -2.92. The Morgan fingerprint density at radius 3 is 0.878 bits per heavy atom. The fourth-order valence-corrected chi connectivity index (χ4v) is 3.24. The summed E-state index contributed by atoms with van der Waals surface area (Å²) in [6, 6.07) is 0. The molecule has 0 radical (unpaired) electrons. The molecule has 0 saturated heterocycles. The number of carbonyl (C=O) groups is 1. The minimum absolute atomic E-state index is 3.00. The SMILES string of the molecule is O=C(OC(O)(O)C(O)(O)C(O)(O)C(O)(O)O)C(O)(O)C(O)(C(O)(O)O)C(O)(O)C(C(O)(O)O)(C(O)(O)O)C(O)(O)O. The molecule has 1 atom stereocenters. The first kappa shape index (κ1) is 39.4. The molecule has 0 saturated carbocycles. The van der Waals surface area contributed by atoms with Crippen LogP contribution in [0, 0.1) is 5.41 Å². The molecule has 0 aliphatic rings. The van der Waals surface area contributed by atoms with E-state index in [1.807, 2.05) is 0 Å². The first-order valence-corrected chi connectivity index (χ1v) is 9.18. The molecular formula is C13H26O28. The van der Waals surface area contributed by atoms with Crippen LogP contribution >= 0.6 is 0 Å². The Labute approximate surface area is 219 Å². The number of rotatable bonds is 12. The predicted molar refractivity (Wildman–Crippen MR) is 96.3 cm³/mol. The number of carbonyl (C=O) groups excluding carboxylic acids is 1. The highest BCUT2D eigenvalue weighted by molar-refractivity contribution is 5.80. The first-order chi connectivity index (χ1) is 17.1. The van der Waals surface area contributed by atoms with Gasteiger partial charge in [0.1, 0.15) is 0 Å². The van der Waals surface area contributed by atoms with Crippen LogP contribution in [-0.2, 0) is 9.53 Å². The second-order valence-electron chi connectivity index (χ2n) is 8.32. The van der Waals surface area contributed by atoms with Crippen molar-refractivity contribution in [2.45, 2.75) is 64.6 Å². The lowest BCUT2D eigenvalue weighted by atomic mass is 9.61. The van der Waals surface area contributed by atoms with Gasteiger partial charge in [0.05, 0.1) is 0 Å². The van der Waals surface area contributed by atoms with Gasteiger partial charge >= 0.3 is 59.2 Å². The molecule has 28 nitrogen and oxygen atoms in total. The maximum Gasteiger partial charge on any atom is 0.387 e. The molecule has 26 N–H and O–H groups in total. The third-order valence-corrected chi connectivity index (χ3v) is 5.45. The molecule has 1 unspecified atom stereocenters. The predicted octanol–water partition coefficient (Wildman–Crippen LogP) is -17.2. The van der Waals surface area contributed by atoms with Gasteiger partial charge in [0.15, 0.2) is 0 Å². The number of ether oxygens (including phenoxy) is 1. The van der Waals surface area contributed by atoms with Gasteiger partial charge in [0.2, 0.25) is 5.79 Å². The molecular weight excluding hydrogens is 604 g/mol. The molecule has 0 aromatic heterocycles. The number of esters is 1. The zero-order chi connectivity index (χ0) is 34.3. The fraction of sp³-hybridized carbons (Fsp3) is 0.923. The summed E-state index contributed by atoms with van der Waals surface area (Å²) in [6.07, 6.45) is 0. The van der Waals surface area contributed by atoms with Crippen molar-refractivity contribution in [3.8, 4) is 0 Å². The molecule has 0 aliphatic heterocycles. The van der Waals surface area contributed by atoms with Crippen LogP contribution in [0.3, 0.4) is 0 Å². The quantitative estimate of drug-likeness (QED) is 0.0702. The van der Waals surface area contributed by atoms with Crippen LogP contribution in [-0.4, -0.2) is 203 Å². The summed E-state index contributed by atoms with van der Waals surface area (Å²) in [4.78, 5) is 12.2. The minimum atomic E-state index is -6.76. The standard InChI is InChI=1S/C13H26O28/c14-1(41-13(39,40)7(22,23)6(20,21)12(36,37)38)2(15,16)4(17,11(33,34)35)5(18,19)3(8(24,25)26,9(27,28)29)10(30,31)32/h15-40H. The Balaban J connectivity index is 7.74.